The molecular weight excluding hydrogens is 497 g/mol. The van der Waals surface area contributed by atoms with Crippen LogP contribution in [0, 0.1) is 5.13 Å². The van der Waals surface area contributed by atoms with Crippen LogP contribution in [0.25, 0.3) is 16.6 Å². The summed E-state index contributed by atoms with van der Waals surface area (Å²) in [6.45, 7) is 2.81. The number of hydrogen-bond acceptors (Lipinski definition) is 8. The molecule has 182 valence electrons. The average Bonchev–Trinajstić information content (AvgIpc) is 3.25. The van der Waals surface area contributed by atoms with E-state index < -0.39 is 26.7 Å². The number of fused-ring (bicyclic) bond motifs is 1. The number of aromatic nitrogens is 2. The number of thiophene rings is 1. The number of pyridine rings is 2. The fraction of sp³-hybridized carbons (Fsp3) is 0.136. The van der Waals surface area contributed by atoms with Crippen LogP contribution < -0.4 is 20.9 Å². The van der Waals surface area contributed by atoms with Gasteiger partial charge in [-0.1, -0.05) is 18.3 Å². The standard InChI is InChI=1S/C22H20FN5O5S2/c1-2-9-24-14-3-5-16-13(10-14)11-19(29)28(21(16)30)18-7-4-15(12-25-18)26-22(31)27-35(32,33)20-8-6-17(23)34-20/h3-8,10-12,24,30H,2,9H2,1H3,(H2,26,27,31). The molecule has 0 saturated heterocycles. The zero-order valence-corrected chi connectivity index (χ0v) is 19.9. The second-order valence-electron chi connectivity index (χ2n) is 7.39. The van der Waals surface area contributed by atoms with E-state index in [1.54, 1.807) is 22.9 Å². The van der Waals surface area contributed by atoms with Crippen molar-refractivity contribution in [1.82, 2.24) is 14.3 Å². The predicted molar refractivity (Wildman–Crippen MR) is 131 cm³/mol. The zero-order chi connectivity index (χ0) is 25.2. The summed E-state index contributed by atoms with van der Waals surface area (Å²) >= 11 is 0.381. The molecule has 4 aromatic rings. The highest BCUT2D eigenvalue weighted by Gasteiger charge is 2.20. The first-order chi connectivity index (χ1) is 16.7. The highest BCUT2D eigenvalue weighted by Crippen LogP contribution is 2.27. The zero-order valence-electron chi connectivity index (χ0n) is 18.3. The molecule has 3 aromatic heterocycles. The number of urea groups is 1. The van der Waals surface area contributed by atoms with Crippen LogP contribution in [-0.4, -0.2) is 35.7 Å². The number of halogens is 1. The Kier molecular flexibility index (Phi) is 6.71. The van der Waals surface area contributed by atoms with Crippen molar-refractivity contribution < 1.29 is 22.7 Å². The van der Waals surface area contributed by atoms with Crippen molar-refractivity contribution in [3.05, 3.63) is 70.2 Å². The summed E-state index contributed by atoms with van der Waals surface area (Å²) in [6, 6.07) is 10.3. The Morgan fingerprint density at radius 3 is 2.57 bits per heavy atom. The SMILES string of the molecule is CCCNc1ccc2c(O)n(-c3ccc(NC(=O)NS(=O)(=O)c4ccc(F)s4)cn3)c(=O)cc2c1. The summed E-state index contributed by atoms with van der Waals surface area (Å²) in [5.74, 6) is -0.204. The molecule has 0 spiro atoms. The van der Waals surface area contributed by atoms with Gasteiger partial charge in [0.05, 0.1) is 11.9 Å². The van der Waals surface area contributed by atoms with Gasteiger partial charge in [-0.15, -0.1) is 0 Å². The molecule has 0 radical (unpaired) electrons. The second kappa shape index (κ2) is 9.72. The van der Waals surface area contributed by atoms with Gasteiger partial charge in [0.15, 0.2) is 5.13 Å². The van der Waals surface area contributed by atoms with Crippen molar-refractivity contribution >= 4 is 49.5 Å². The first-order valence-corrected chi connectivity index (χ1v) is 12.7. The fourth-order valence-corrected chi connectivity index (χ4v) is 5.18. The van der Waals surface area contributed by atoms with Crippen molar-refractivity contribution in [2.45, 2.75) is 17.6 Å². The molecular formula is C22H20FN5O5S2. The number of carbonyl (C=O) groups is 1. The summed E-state index contributed by atoms with van der Waals surface area (Å²) in [7, 11) is -4.24. The third-order valence-corrected chi connectivity index (χ3v) is 7.55. The molecule has 13 heteroatoms. The molecule has 1 aromatic carbocycles. The highest BCUT2D eigenvalue weighted by molar-refractivity contribution is 7.92. The minimum Gasteiger partial charge on any atom is -0.494 e. The monoisotopic (exact) mass is 517 g/mol. The first kappa shape index (κ1) is 24.2. The molecule has 3 heterocycles. The van der Waals surface area contributed by atoms with E-state index in [1.165, 1.54) is 24.4 Å². The summed E-state index contributed by atoms with van der Waals surface area (Å²) in [5.41, 5.74) is 0.440. The molecule has 0 unspecified atom stereocenters. The van der Waals surface area contributed by atoms with Crippen molar-refractivity contribution in [3.8, 4) is 11.7 Å². The Hall–Kier alpha value is -3.97. The number of rotatable bonds is 7. The number of carbonyl (C=O) groups excluding carboxylic acids is 1. The lowest BCUT2D eigenvalue weighted by Crippen LogP contribution is -2.34. The number of sulfonamides is 1. The Labute approximate surface area is 203 Å². The molecule has 4 N–H and O–H groups in total. The van der Waals surface area contributed by atoms with E-state index in [1.807, 2.05) is 6.92 Å². The van der Waals surface area contributed by atoms with E-state index in [4.69, 9.17) is 0 Å². The first-order valence-electron chi connectivity index (χ1n) is 10.4. The van der Waals surface area contributed by atoms with Gasteiger partial charge in [-0.05, 0) is 54.3 Å². The smallest absolute Gasteiger partial charge is 0.333 e. The Bertz CT molecular complexity index is 1570. The lowest BCUT2D eigenvalue weighted by Gasteiger charge is -2.12. The molecule has 35 heavy (non-hydrogen) atoms. The quantitative estimate of drug-likeness (QED) is 0.293. The second-order valence-corrected chi connectivity index (χ2v) is 10.3. The Morgan fingerprint density at radius 2 is 1.91 bits per heavy atom. The van der Waals surface area contributed by atoms with Gasteiger partial charge >= 0.3 is 6.03 Å². The minimum atomic E-state index is -4.24. The third kappa shape index (κ3) is 5.25. The normalized spacial score (nSPS) is 11.4. The van der Waals surface area contributed by atoms with Crippen molar-refractivity contribution in [2.75, 3.05) is 17.2 Å². The van der Waals surface area contributed by atoms with Crippen LogP contribution >= 0.6 is 11.3 Å². The molecule has 0 saturated carbocycles. The molecule has 10 nitrogen and oxygen atoms in total. The number of hydrogen-bond donors (Lipinski definition) is 4. The van der Waals surface area contributed by atoms with Crippen molar-refractivity contribution in [2.24, 2.45) is 0 Å². The molecule has 0 aliphatic carbocycles. The maximum absolute atomic E-state index is 13.1. The summed E-state index contributed by atoms with van der Waals surface area (Å²) in [6.07, 6.45) is 2.13. The molecule has 0 fully saturated rings. The van der Waals surface area contributed by atoms with E-state index in [2.05, 4.69) is 15.6 Å². The van der Waals surface area contributed by atoms with Gasteiger partial charge in [0, 0.05) is 23.7 Å². The van der Waals surface area contributed by atoms with Gasteiger partial charge in [-0.3, -0.25) is 4.79 Å². The van der Waals surface area contributed by atoms with Crippen molar-refractivity contribution in [3.63, 3.8) is 0 Å². The van der Waals surface area contributed by atoms with Gasteiger partial charge in [0.1, 0.15) is 10.0 Å². The summed E-state index contributed by atoms with van der Waals surface area (Å²) in [5, 5.41) is 16.6. The number of amides is 2. The lowest BCUT2D eigenvalue weighted by atomic mass is 10.1. The summed E-state index contributed by atoms with van der Waals surface area (Å²) in [4.78, 5) is 28.9. The maximum Gasteiger partial charge on any atom is 0.333 e. The van der Waals surface area contributed by atoms with Crippen LogP contribution in [0.3, 0.4) is 0 Å². The third-order valence-electron chi connectivity index (χ3n) is 4.86. The molecule has 0 atom stereocenters. The largest absolute Gasteiger partial charge is 0.494 e. The summed E-state index contributed by atoms with van der Waals surface area (Å²) < 4.78 is 39.8. The Balaban J connectivity index is 1.53. The van der Waals surface area contributed by atoms with E-state index in [0.29, 0.717) is 22.1 Å². The van der Waals surface area contributed by atoms with E-state index in [0.717, 1.165) is 35.4 Å². The van der Waals surface area contributed by atoms with Crippen LogP contribution in [0.2, 0.25) is 0 Å². The van der Waals surface area contributed by atoms with Gasteiger partial charge < -0.3 is 15.7 Å². The molecule has 0 bridgehead atoms. The highest BCUT2D eigenvalue weighted by atomic mass is 32.2. The van der Waals surface area contributed by atoms with Gasteiger partial charge in [0.25, 0.3) is 15.6 Å². The van der Waals surface area contributed by atoms with Gasteiger partial charge in [0.2, 0.25) is 5.88 Å². The van der Waals surface area contributed by atoms with Gasteiger partial charge in [-0.25, -0.2) is 27.5 Å². The van der Waals surface area contributed by atoms with Crippen LogP contribution in [0.1, 0.15) is 13.3 Å². The van der Waals surface area contributed by atoms with E-state index in [9.17, 15) is 27.5 Å². The number of aromatic hydroxyl groups is 1. The van der Waals surface area contributed by atoms with E-state index >= 15 is 0 Å². The molecule has 2 amide bonds. The predicted octanol–water partition coefficient (Wildman–Crippen LogP) is 3.62. The molecule has 0 aliphatic heterocycles. The minimum absolute atomic E-state index is 0.0928. The van der Waals surface area contributed by atoms with Crippen LogP contribution in [0.5, 0.6) is 5.88 Å². The Morgan fingerprint density at radius 1 is 1.14 bits per heavy atom. The number of nitrogens with one attached hydrogen (secondary N) is 3. The number of nitrogens with zero attached hydrogens (tertiary/aromatic N) is 2. The van der Waals surface area contributed by atoms with Crippen molar-refractivity contribution in [1.29, 1.82) is 0 Å². The average molecular weight is 518 g/mol. The van der Waals surface area contributed by atoms with Crippen LogP contribution in [0.4, 0.5) is 20.6 Å². The van der Waals surface area contributed by atoms with Crippen LogP contribution in [0.15, 0.2) is 63.7 Å². The molecule has 0 aliphatic rings. The molecule has 4 rings (SSSR count). The number of anilines is 2. The van der Waals surface area contributed by atoms with Crippen LogP contribution in [-0.2, 0) is 10.0 Å². The topological polar surface area (TPSA) is 142 Å². The van der Waals surface area contributed by atoms with Gasteiger partial charge in [-0.2, -0.15) is 4.39 Å². The number of benzene rings is 1. The maximum atomic E-state index is 13.1. The van der Waals surface area contributed by atoms with E-state index in [-0.39, 0.29) is 21.6 Å². The lowest BCUT2D eigenvalue weighted by molar-refractivity contribution is 0.256. The fourth-order valence-electron chi connectivity index (χ4n) is 3.27.